The number of hydrogen-bond acceptors (Lipinski definition) is 4. The first-order valence-corrected chi connectivity index (χ1v) is 11.8. The average molecular weight is 434 g/mol. The molecule has 30 heavy (non-hydrogen) atoms. The highest BCUT2D eigenvalue weighted by atomic mass is 32.2. The first-order valence-electron chi connectivity index (χ1n) is 10.2. The molecular formula is C22H28FN3O3S. The first kappa shape index (κ1) is 22.4. The molecule has 8 heteroatoms. The molecule has 0 unspecified atom stereocenters. The number of halogens is 1. The number of nitrogens with zero attached hydrogens (tertiary/aromatic N) is 2. The summed E-state index contributed by atoms with van der Waals surface area (Å²) in [4.78, 5) is 14.3. The van der Waals surface area contributed by atoms with Crippen molar-refractivity contribution in [1.82, 2.24) is 14.5 Å². The van der Waals surface area contributed by atoms with Gasteiger partial charge in [0.25, 0.3) is 0 Å². The van der Waals surface area contributed by atoms with Gasteiger partial charge in [0.15, 0.2) is 0 Å². The predicted octanol–water partition coefficient (Wildman–Crippen LogP) is 1.67. The Balaban J connectivity index is 1.36. The molecule has 1 amide bonds. The molecule has 0 saturated carbocycles. The van der Waals surface area contributed by atoms with E-state index in [9.17, 15) is 17.6 Å². The second-order valence-electron chi connectivity index (χ2n) is 7.45. The zero-order valence-corrected chi connectivity index (χ0v) is 17.8. The van der Waals surface area contributed by atoms with Crippen LogP contribution in [-0.2, 0) is 27.7 Å². The molecule has 0 bridgehead atoms. The standard InChI is InChI=1S/C22H28FN3O3S/c23-21-8-6-20(7-9-21)18-22(27)24-11-17-30(28,29)26-15-13-25(14-16-26)12-10-19-4-2-1-3-5-19/h1-9H,10-18H2,(H,24,27). The summed E-state index contributed by atoms with van der Waals surface area (Å²) in [6, 6.07) is 15.9. The van der Waals surface area contributed by atoms with Crippen molar-refractivity contribution >= 4 is 15.9 Å². The Morgan fingerprint density at radius 2 is 1.60 bits per heavy atom. The van der Waals surface area contributed by atoms with E-state index in [-0.39, 0.29) is 30.4 Å². The van der Waals surface area contributed by atoms with Gasteiger partial charge in [-0.2, -0.15) is 4.31 Å². The molecule has 0 aromatic heterocycles. The number of nitrogens with one attached hydrogen (secondary N) is 1. The van der Waals surface area contributed by atoms with E-state index in [4.69, 9.17) is 0 Å². The summed E-state index contributed by atoms with van der Waals surface area (Å²) >= 11 is 0. The summed E-state index contributed by atoms with van der Waals surface area (Å²) in [5, 5.41) is 2.64. The average Bonchev–Trinajstić information content (AvgIpc) is 2.75. The molecule has 0 spiro atoms. The van der Waals surface area contributed by atoms with Crippen LogP contribution in [0.4, 0.5) is 4.39 Å². The first-order chi connectivity index (χ1) is 14.4. The monoisotopic (exact) mass is 433 g/mol. The molecule has 2 aromatic carbocycles. The molecule has 1 aliphatic rings. The van der Waals surface area contributed by atoms with Crippen molar-refractivity contribution in [2.75, 3.05) is 45.0 Å². The SMILES string of the molecule is O=C(Cc1ccc(F)cc1)NCCS(=O)(=O)N1CCN(CCc2ccccc2)CC1. The van der Waals surface area contributed by atoms with E-state index in [1.54, 1.807) is 12.1 Å². The van der Waals surface area contributed by atoms with Gasteiger partial charge in [-0.15, -0.1) is 0 Å². The van der Waals surface area contributed by atoms with Crippen LogP contribution in [-0.4, -0.2) is 68.6 Å². The van der Waals surface area contributed by atoms with Crippen molar-refractivity contribution < 1.29 is 17.6 Å². The lowest BCUT2D eigenvalue weighted by molar-refractivity contribution is -0.120. The van der Waals surface area contributed by atoms with E-state index in [1.807, 2.05) is 18.2 Å². The van der Waals surface area contributed by atoms with E-state index in [1.165, 1.54) is 22.0 Å². The third-order valence-corrected chi connectivity index (χ3v) is 7.12. The smallest absolute Gasteiger partial charge is 0.224 e. The third kappa shape index (κ3) is 6.90. The van der Waals surface area contributed by atoms with Crippen LogP contribution in [0.5, 0.6) is 0 Å². The quantitative estimate of drug-likeness (QED) is 0.653. The molecule has 3 rings (SSSR count). The number of sulfonamides is 1. The van der Waals surface area contributed by atoms with Crippen LogP contribution < -0.4 is 5.32 Å². The van der Waals surface area contributed by atoms with E-state index in [2.05, 4.69) is 22.3 Å². The summed E-state index contributed by atoms with van der Waals surface area (Å²) in [6.45, 7) is 3.35. The number of amides is 1. The molecule has 1 aliphatic heterocycles. The largest absolute Gasteiger partial charge is 0.355 e. The number of piperazine rings is 1. The predicted molar refractivity (Wildman–Crippen MR) is 115 cm³/mol. The van der Waals surface area contributed by atoms with Crippen molar-refractivity contribution in [2.45, 2.75) is 12.8 Å². The van der Waals surface area contributed by atoms with Crippen LogP contribution in [0.15, 0.2) is 54.6 Å². The number of hydrogen-bond donors (Lipinski definition) is 1. The summed E-state index contributed by atoms with van der Waals surface area (Å²) in [5.41, 5.74) is 1.97. The molecule has 0 radical (unpaired) electrons. The number of rotatable bonds is 9. The second kappa shape index (κ2) is 10.7. The maximum absolute atomic E-state index is 12.9. The van der Waals surface area contributed by atoms with Gasteiger partial charge in [0, 0.05) is 39.3 Å². The van der Waals surface area contributed by atoms with Crippen LogP contribution in [0.2, 0.25) is 0 Å². The second-order valence-corrected chi connectivity index (χ2v) is 9.53. The Hall–Kier alpha value is -2.29. The summed E-state index contributed by atoms with van der Waals surface area (Å²) in [7, 11) is -3.41. The highest BCUT2D eigenvalue weighted by Crippen LogP contribution is 2.10. The van der Waals surface area contributed by atoms with E-state index < -0.39 is 10.0 Å². The molecule has 6 nitrogen and oxygen atoms in total. The van der Waals surface area contributed by atoms with Gasteiger partial charge in [-0.05, 0) is 29.7 Å². The van der Waals surface area contributed by atoms with Crippen molar-refractivity contribution in [3.8, 4) is 0 Å². The third-order valence-electron chi connectivity index (χ3n) is 5.24. The minimum absolute atomic E-state index is 0.0661. The lowest BCUT2D eigenvalue weighted by Gasteiger charge is -2.34. The lowest BCUT2D eigenvalue weighted by Crippen LogP contribution is -2.50. The normalized spacial score (nSPS) is 15.8. The zero-order chi connectivity index (χ0) is 21.4. The van der Waals surface area contributed by atoms with Gasteiger partial charge in [-0.3, -0.25) is 4.79 Å². The maximum atomic E-state index is 12.9. The fourth-order valence-corrected chi connectivity index (χ4v) is 4.80. The van der Waals surface area contributed by atoms with Gasteiger partial charge < -0.3 is 10.2 Å². The van der Waals surface area contributed by atoms with Crippen molar-refractivity contribution in [2.24, 2.45) is 0 Å². The van der Waals surface area contributed by atoms with Gasteiger partial charge in [0.2, 0.25) is 15.9 Å². The van der Waals surface area contributed by atoms with Crippen molar-refractivity contribution in [3.05, 3.63) is 71.5 Å². The summed E-state index contributed by atoms with van der Waals surface area (Å²) in [6.07, 6.45) is 1.05. The van der Waals surface area contributed by atoms with Crippen molar-refractivity contribution in [1.29, 1.82) is 0 Å². The molecule has 1 fully saturated rings. The van der Waals surface area contributed by atoms with E-state index >= 15 is 0 Å². The highest BCUT2D eigenvalue weighted by molar-refractivity contribution is 7.89. The van der Waals surface area contributed by atoms with Crippen LogP contribution in [0.25, 0.3) is 0 Å². The molecule has 162 valence electrons. The Bertz CT molecular complexity index is 912. The van der Waals surface area contributed by atoms with Gasteiger partial charge in [-0.25, -0.2) is 12.8 Å². The summed E-state index contributed by atoms with van der Waals surface area (Å²) in [5.74, 6) is -0.750. The minimum Gasteiger partial charge on any atom is -0.355 e. The lowest BCUT2D eigenvalue weighted by atomic mass is 10.1. The van der Waals surface area contributed by atoms with Crippen LogP contribution >= 0.6 is 0 Å². The van der Waals surface area contributed by atoms with Gasteiger partial charge in [0.1, 0.15) is 5.82 Å². The fraction of sp³-hybridized carbons (Fsp3) is 0.409. The topological polar surface area (TPSA) is 69.7 Å². The number of carbonyl (C=O) groups is 1. The molecule has 2 aromatic rings. The van der Waals surface area contributed by atoms with Crippen LogP contribution in [0, 0.1) is 5.82 Å². The Morgan fingerprint density at radius 3 is 2.27 bits per heavy atom. The zero-order valence-electron chi connectivity index (χ0n) is 17.0. The van der Waals surface area contributed by atoms with Crippen LogP contribution in [0.1, 0.15) is 11.1 Å². The fourth-order valence-electron chi connectivity index (χ4n) is 3.46. The molecule has 0 aliphatic carbocycles. The van der Waals surface area contributed by atoms with Crippen molar-refractivity contribution in [3.63, 3.8) is 0 Å². The molecule has 0 atom stereocenters. The van der Waals surface area contributed by atoms with E-state index in [0.29, 0.717) is 31.7 Å². The molecular weight excluding hydrogens is 405 g/mol. The van der Waals surface area contributed by atoms with Gasteiger partial charge >= 0.3 is 0 Å². The van der Waals surface area contributed by atoms with Gasteiger partial charge in [-0.1, -0.05) is 42.5 Å². The number of benzene rings is 2. The Labute approximate surface area is 177 Å². The molecule has 1 heterocycles. The minimum atomic E-state index is -3.41. The maximum Gasteiger partial charge on any atom is 0.224 e. The Morgan fingerprint density at radius 1 is 0.933 bits per heavy atom. The van der Waals surface area contributed by atoms with Gasteiger partial charge in [0.05, 0.1) is 12.2 Å². The van der Waals surface area contributed by atoms with E-state index in [0.717, 1.165) is 13.0 Å². The Kier molecular flexibility index (Phi) is 7.95. The number of carbonyl (C=O) groups excluding carboxylic acids is 1. The van der Waals surface area contributed by atoms with Crippen LogP contribution in [0.3, 0.4) is 0 Å². The highest BCUT2D eigenvalue weighted by Gasteiger charge is 2.26. The summed E-state index contributed by atoms with van der Waals surface area (Å²) < 4.78 is 39.5. The molecule has 1 saturated heterocycles. The molecule has 1 N–H and O–H groups in total.